The number of hydrogen-bond acceptors (Lipinski definition) is 4. The van der Waals surface area contributed by atoms with E-state index < -0.39 is 20.8 Å². The predicted octanol–water partition coefficient (Wildman–Crippen LogP) is 1.79. The molecule has 1 heterocycles. The van der Waals surface area contributed by atoms with Crippen LogP contribution in [0.25, 0.3) is 10.9 Å². The van der Waals surface area contributed by atoms with E-state index in [4.69, 9.17) is 4.55 Å². The molecule has 0 amide bonds. The molecular weight excluding hydrogens is 345 g/mol. The molecule has 5 nitrogen and oxygen atoms in total. The molecule has 0 aliphatic heterocycles. The van der Waals surface area contributed by atoms with E-state index in [9.17, 15) is 13.5 Å². The van der Waals surface area contributed by atoms with Gasteiger partial charge in [-0.1, -0.05) is 6.07 Å². The zero-order valence-corrected chi connectivity index (χ0v) is 10.7. The molecule has 0 bridgehead atoms. The lowest BCUT2D eigenvalue weighted by Crippen LogP contribution is -2.00. The Morgan fingerprint density at radius 1 is 1.38 bits per heavy atom. The highest BCUT2D eigenvalue weighted by Gasteiger charge is 2.20. The van der Waals surface area contributed by atoms with Gasteiger partial charge in [-0.3, -0.25) is 9.54 Å². The van der Waals surface area contributed by atoms with E-state index in [-0.39, 0.29) is 5.52 Å². The van der Waals surface area contributed by atoms with Gasteiger partial charge in [-0.15, -0.1) is 0 Å². The number of nitrogens with zero attached hydrogens (tertiary/aromatic N) is 1. The maximum atomic E-state index is 11.0. The van der Waals surface area contributed by atoms with Gasteiger partial charge in [0.1, 0.15) is 10.4 Å². The normalized spacial score (nSPS) is 11.9. The van der Waals surface area contributed by atoms with Crippen molar-refractivity contribution in [1.82, 2.24) is 4.98 Å². The summed E-state index contributed by atoms with van der Waals surface area (Å²) in [4.78, 5) is 3.36. The Morgan fingerprint density at radius 3 is 2.69 bits per heavy atom. The molecule has 1 aromatic heterocycles. The van der Waals surface area contributed by atoms with E-state index in [2.05, 4.69) is 4.98 Å². The fourth-order valence-corrected chi connectivity index (χ4v) is 2.93. The van der Waals surface area contributed by atoms with Gasteiger partial charge < -0.3 is 5.11 Å². The van der Waals surface area contributed by atoms with Crippen molar-refractivity contribution in [3.63, 3.8) is 0 Å². The van der Waals surface area contributed by atoms with Crippen LogP contribution in [0.2, 0.25) is 0 Å². The zero-order chi connectivity index (χ0) is 11.9. The SMILES string of the molecule is O=S(=O)(O)c1cc(I)c2cccnc2c1O. The van der Waals surface area contributed by atoms with Crippen LogP contribution in [0.1, 0.15) is 0 Å². The highest BCUT2D eigenvalue weighted by atomic mass is 127. The summed E-state index contributed by atoms with van der Waals surface area (Å²) < 4.78 is 31.6. The summed E-state index contributed by atoms with van der Waals surface area (Å²) in [6.45, 7) is 0. The van der Waals surface area contributed by atoms with Gasteiger partial charge in [0.05, 0.1) is 0 Å². The van der Waals surface area contributed by atoms with Crippen LogP contribution in [0.4, 0.5) is 0 Å². The molecule has 2 N–H and O–H groups in total. The average Bonchev–Trinajstić information content (AvgIpc) is 2.22. The molecular formula is C9H6INO4S. The Labute approximate surface area is 105 Å². The summed E-state index contributed by atoms with van der Waals surface area (Å²) in [6.07, 6.45) is 1.44. The third kappa shape index (κ3) is 1.85. The third-order valence-electron chi connectivity index (χ3n) is 2.06. The summed E-state index contributed by atoms with van der Waals surface area (Å²) in [5.41, 5.74) is 0.155. The predicted molar refractivity (Wildman–Crippen MR) is 65.9 cm³/mol. The van der Waals surface area contributed by atoms with Crippen molar-refractivity contribution >= 4 is 43.6 Å². The number of benzene rings is 1. The molecule has 0 radical (unpaired) electrons. The molecule has 0 saturated heterocycles. The molecule has 2 aromatic rings. The van der Waals surface area contributed by atoms with E-state index >= 15 is 0 Å². The first-order valence-corrected chi connectivity index (χ1v) is 6.67. The summed E-state index contributed by atoms with van der Waals surface area (Å²) in [6, 6.07) is 4.59. The van der Waals surface area contributed by atoms with Crippen LogP contribution in [0, 0.1) is 3.57 Å². The highest BCUT2D eigenvalue weighted by Crippen LogP contribution is 2.33. The maximum absolute atomic E-state index is 11.0. The van der Waals surface area contributed by atoms with Crippen LogP contribution in [-0.2, 0) is 10.1 Å². The van der Waals surface area contributed by atoms with Crippen LogP contribution in [0.15, 0.2) is 29.3 Å². The van der Waals surface area contributed by atoms with Crippen molar-refractivity contribution in [2.45, 2.75) is 4.90 Å². The van der Waals surface area contributed by atoms with Crippen LogP contribution in [0.3, 0.4) is 0 Å². The van der Waals surface area contributed by atoms with Gasteiger partial charge in [0, 0.05) is 15.2 Å². The number of hydrogen-bond donors (Lipinski definition) is 2. The Bertz CT molecular complexity index is 669. The van der Waals surface area contributed by atoms with Crippen LogP contribution < -0.4 is 0 Å². The number of phenolic OH excluding ortho intramolecular Hbond substituents is 1. The summed E-state index contributed by atoms with van der Waals surface area (Å²) in [7, 11) is -4.44. The average molecular weight is 351 g/mol. The van der Waals surface area contributed by atoms with E-state index in [0.717, 1.165) is 0 Å². The highest BCUT2D eigenvalue weighted by molar-refractivity contribution is 14.1. The fraction of sp³-hybridized carbons (Fsp3) is 0. The second-order valence-corrected chi connectivity index (χ2v) is 5.63. The quantitative estimate of drug-likeness (QED) is 0.604. The van der Waals surface area contributed by atoms with E-state index in [1.807, 2.05) is 22.6 Å². The first-order chi connectivity index (χ1) is 7.41. The van der Waals surface area contributed by atoms with Crippen molar-refractivity contribution in [2.75, 3.05) is 0 Å². The monoisotopic (exact) mass is 351 g/mol. The molecule has 0 unspecified atom stereocenters. The molecule has 0 aliphatic carbocycles. The Balaban J connectivity index is 2.97. The van der Waals surface area contributed by atoms with E-state index in [1.165, 1.54) is 12.3 Å². The van der Waals surface area contributed by atoms with Gasteiger partial charge >= 0.3 is 0 Å². The number of pyridine rings is 1. The number of aromatic nitrogens is 1. The van der Waals surface area contributed by atoms with E-state index in [1.54, 1.807) is 12.1 Å². The molecule has 0 aliphatic rings. The van der Waals surface area contributed by atoms with Crippen molar-refractivity contribution < 1.29 is 18.1 Å². The number of fused-ring (bicyclic) bond motifs is 1. The first kappa shape index (κ1) is 11.6. The lowest BCUT2D eigenvalue weighted by atomic mass is 10.2. The van der Waals surface area contributed by atoms with Crippen molar-refractivity contribution in [2.24, 2.45) is 0 Å². The minimum absolute atomic E-state index is 0.155. The second-order valence-electron chi connectivity index (χ2n) is 3.08. The number of phenols is 1. The second kappa shape index (κ2) is 3.82. The van der Waals surface area contributed by atoms with Crippen LogP contribution in [-0.4, -0.2) is 23.1 Å². The molecule has 0 saturated carbocycles. The summed E-state index contributed by atoms with van der Waals surface area (Å²) in [5, 5.41) is 10.3. The molecule has 1 aromatic carbocycles. The lowest BCUT2D eigenvalue weighted by Gasteiger charge is -2.06. The van der Waals surface area contributed by atoms with Crippen molar-refractivity contribution in [1.29, 1.82) is 0 Å². The minimum Gasteiger partial charge on any atom is -0.504 e. The zero-order valence-electron chi connectivity index (χ0n) is 7.75. The topological polar surface area (TPSA) is 87.5 Å². The fourth-order valence-electron chi connectivity index (χ4n) is 1.36. The van der Waals surface area contributed by atoms with Gasteiger partial charge in [0.2, 0.25) is 0 Å². The molecule has 0 atom stereocenters. The standard InChI is InChI=1S/C9H6INO4S/c10-6-4-7(16(13,14)15)9(12)8-5(6)2-1-3-11-8/h1-4,12H,(H,13,14,15). The van der Waals surface area contributed by atoms with Gasteiger partial charge in [-0.25, -0.2) is 0 Å². The third-order valence-corrected chi connectivity index (χ3v) is 3.82. The van der Waals surface area contributed by atoms with Crippen molar-refractivity contribution in [3.8, 4) is 5.75 Å². The lowest BCUT2D eigenvalue weighted by molar-refractivity contribution is 0.447. The largest absolute Gasteiger partial charge is 0.504 e. The van der Waals surface area contributed by atoms with Gasteiger partial charge in [0.15, 0.2) is 5.75 Å². The van der Waals surface area contributed by atoms with Crippen molar-refractivity contribution in [3.05, 3.63) is 28.0 Å². The number of rotatable bonds is 1. The van der Waals surface area contributed by atoms with Gasteiger partial charge in [-0.05, 0) is 34.7 Å². The summed E-state index contributed by atoms with van der Waals surface area (Å²) in [5.74, 6) is -0.529. The molecule has 0 spiro atoms. The number of aromatic hydroxyl groups is 1. The van der Waals surface area contributed by atoms with Crippen LogP contribution in [0.5, 0.6) is 5.75 Å². The van der Waals surface area contributed by atoms with E-state index in [0.29, 0.717) is 8.96 Å². The first-order valence-electron chi connectivity index (χ1n) is 4.15. The number of halogens is 1. The Kier molecular flexibility index (Phi) is 2.76. The Morgan fingerprint density at radius 2 is 2.06 bits per heavy atom. The van der Waals surface area contributed by atoms with Gasteiger partial charge in [-0.2, -0.15) is 8.42 Å². The smallest absolute Gasteiger partial charge is 0.298 e. The molecule has 2 rings (SSSR count). The summed E-state index contributed by atoms with van der Waals surface area (Å²) >= 11 is 1.91. The molecule has 84 valence electrons. The van der Waals surface area contributed by atoms with Crippen LogP contribution >= 0.6 is 22.6 Å². The molecule has 7 heteroatoms. The minimum atomic E-state index is -4.44. The maximum Gasteiger partial charge on any atom is 0.298 e. The Hall–Kier alpha value is -0.930. The molecule has 0 fully saturated rings. The van der Waals surface area contributed by atoms with Gasteiger partial charge in [0.25, 0.3) is 10.1 Å². The molecule has 16 heavy (non-hydrogen) atoms.